The molecule has 0 unspecified atom stereocenters. The summed E-state index contributed by atoms with van der Waals surface area (Å²) in [5, 5.41) is 9.31. The minimum absolute atomic E-state index is 0.267. The molecule has 0 radical (unpaired) electrons. The number of rotatable bonds is 2. The Morgan fingerprint density at radius 1 is 1.53 bits per heavy atom. The van der Waals surface area contributed by atoms with Gasteiger partial charge in [-0.1, -0.05) is 6.58 Å². The summed E-state index contributed by atoms with van der Waals surface area (Å²) in [4.78, 5) is 11.3. The van der Waals surface area contributed by atoms with Crippen LogP contribution in [0, 0.1) is 0 Å². The van der Waals surface area contributed by atoms with Gasteiger partial charge in [0, 0.05) is 12.1 Å². The van der Waals surface area contributed by atoms with E-state index in [2.05, 4.69) is 11.3 Å². The van der Waals surface area contributed by atoms with Crippen molar-refractivity contribution in [2.75, 3.05) is 6.61 Å². The van der Waals surface area contributed by atoms with Gasteiger partial charge in [-0.25, -0.2) is 4.79 Å². The van der Waals surface area contributed by atoms with Gasteiger partial charge < -0.3 is 9.84 Å². The third-order valence-electron chi connectivity index (χ3n) is 2.41. The maximum atomic E-state index is 13.3. The third-order valence-corrected chi connectivity index (χ3v) is 2.41. The van der Waals surface area contributed by atoms with Crippen LogP contribution >= 0.6 is 0 Å². The maximum absolute atomic E-state index is 13.3. The topological polar surface area (TPSA) is 61.8 Å². The first-order chi connectivity index (χ1) is 8.47. The summed E-state index contributed by atoms with van der Waals surface area (Å²) in [6, 6.07) is 0. The van der Waals surface area contributed by atoms with E-state index >= 15 is 0 Å². The molecule has 1 rings (SSSR count). The van der Waals surface area contributed by atoms with E-state index in [1.807, 2.05) is 5.43 Å². The smallest absolute Gasteiger partial charge is 0.448 e. The summed E-state index contributed by atoms with van der Waals surface area (Å²) in [5.41, 5.74) is -2.36. The fourth-order valence-electron chi connectivity index (χ4n) is 1.53. The number of carbonyl (C=O) groups excluding carboxylic acids is 1. The first-order valence-electron chi connectivity index (χ1n) is 5.05. The van der Waals surface area contributed by atoms with Crippen molar-refractivity contribution in [3.63, 3.8) is 0 Å². The normalized spacial score (nSPS) is 24.4. The summed E-state index contributed by atoms with van der Waals surface area (Å²) in [6.07, 6.45) is -8.79. The first-order valence-corrected chi connectivity index (χ1v) is 5.05. The maximum Gasteiger partial charge on any atom is 0.458 e. The van der Waals surface area contributed by atoms with Crippen LogP contribution < -0.4 is 5.43 Å². The second-order valence-corrected chi connectivity index (χ2v) is 3.82. The average molecular weight is 290 g/mol. The van der Waals surface area contributed by atoms with Crippen molar-refractivity contribution in [3.8, 4) is 0 Å². The van der Waals surface area contributed by atoms with Gasteiger partial charge in [0.05, 0.1) is 6.61 Å². The van der Waals surface area contributed by atoms with Crippen LogP contribution in [0.2, 0.25) is 0 Å². The molecule has 1 heterocycles. The van der Waals surface area contributed by atoms with Crippen LogP contribution in [0.1, 0.15) is 13.3 Å². The van der Waals surface area contributed by atoms with Gasteiger partial charge in [0.25, 0.3) is 0 Å². The second-order valence-electron chi connectivity index (χ2n) is 3.82. The molecule has 110 valence electrons. The van der Waals surface area contributed by atoms with Crippen molar-refractivity contribution < 1.29 is 36.6 Å². The van der Waals surface area contributed by atoms with Crippen LogP contribution in [-0.2, 0) is 4.74 Å². The van der Waals surface area contributed by atoms with Gasteiger partial charge in [-0.3, -0.25) is 5.43 Å². The van der Waals surface area contributed by atoms with Crippen molar-refractivity contribution in [2.24, 2.45) is 0 Å². The Hall–Kier alpha value is -1.58. The van der Waals surface area contributed by atoms with Crippen molar-refractivity contribution in [1.82, 2.24) is 10.4 Å². The summed E-state index contributed by atoms with van der Waals surface area (Å²) in [6.45, 7) is 4.17. The number of aliphatic hydroxyl groups is 1. The van der Waals surface area contributed by atoms with Crippen molar-refractivity contribution in [3.05, 3.63) is 12.3 Å². The highest BCUT2D eigenvalue weighted by molar-refractivity contribution is 5.69. The third kappa shape index (κ3) is 2.31. The van der Waals surface area contributed by atoms with Gasteiger partial charge in [-0.15, -0.1) is 0 Å². The fraction of sp³-hybridized carbons (Fsp3) is 0.667. The molecule has 2 N–H and O–H groups in total. The van der Waals surface area contributed by atoms with E-state index in [9.17, 15) is 31.9 Å². The number of amides is 1. The lowest BCUT2D eigenvalue weighted by Gasteiger charge is -2.37. The van der Waals surface area contributed by atoms with E-state index in [0.29, 0.717) is 0 Å². The molecule has 0 bridgehead atoms. The second kappa shape index (κ2) is 4.51. The zero-order valence-corrected chi connectivity index (χ0v) is 9.72. The van der Waals surface area contributed by atoms with Crippen molar-refractivity contribution in [2.45, 2.75) is 31.2 Å². The molecular weight excluding hydrogens is 279 g/mol. The van der Waals surface area contributed by atoms with Crippen LogP contribution in [0.25, 0.3) is 0 Å². The Kier molecular flexibility index (Phi) is 3.67. The minimum atomic E-state index is -6.04. The predicted molar refractivity (Wildman–Crippen MR) is 51.7 cm³/mol. The number of hydrogen-bond acceptors (Lipinski definition) is 4. The Balaban J connectivity index is 3.19. The molecule has 0 aromatic heterocycles. The molecule has 1 saturated heterocycles. The molecule has 5 nitrogen and oxygen atoms in total. The van der Waals surface area contributed by atoms with E-state index < -0.39 is 30.3 Å². The molecule has 10 heteroatoms. The summed E-state index contributed by atoms with van der Waals surface area (Å²) < 4.78 is 68.0. The van der Waals surface area contributed by atoms with Crippen LogP contribution in [0.5, 0.6) is 0 Å². The van der Waals surface area contributed by atoms with Gasteiger partial charge in [0.1, 0.15) is 0 Å². The molecule has 0 spiro atoms. The predicted octanol–water partition coefficient (Wildman–Crippen LogP) is 1.75. The van der Waals surface area contributed by atoms with E-state index in [1.54, 1.807) is 0 Å². The lowest BCUT2D eigenvalue weighted by molar-refractivity contribution is -0.364. The number of nitrogens with one attached hydrogen (secondary N) is 1. The molecule has 1 aliphatic rings. The van der Waals surface area contributed by atoms with Crippen molar-refractivity contribution in [1.29, 1.82) is 0 Å². The molecule has 1 fully saturated rings. The number of carbonyl (C=O) groups is 1. The highest BCUT2D eigenvalue weighted by Gasteiger charge is 2.75. The highest BCUT2D eigenvalue weighted by Crippen LogP contribution is 2.49. The van der Waals surface area contributed by atoms with Gasteiger partial charge in [-0.2, -0.15) is 27.0 Å². The standard InChI is InChI=1S/C9H11F5N2O3/c1-3-19-6(17)16-7(18,4-5(2)15-16)8(10,11)9(12,13)14/h15,18H,2-4H2,1H3/t7-/m0/s1. The zero-order valence-electron chi connectivity index (χ0n) is 9.72. The van der Waals surface area contributed by atoms with Gasteiger partial charge in [-0.05, 0) is 6.92 Å². The van der Waals surface area contributed by atoms with E-state index in [0.717, 1.165) is 0 Å². The molecule has 1 atom stereocenters. The van der Waals surface area contributed by atoms with Crippen LogP contribution in [0.4, 0.5) is 26.7 Å². The molecular formula is C9H11F5N2O3. The van der Waals surface area contributed by atoms with Crippen LogP contribution in [0.15, 0.2) is 12.3 Å². The van der Waals surface area contributed by atoms with Gasteiger partial charge in [0.2, 0.25) is 5.72 Å². The molecule has 0 aromatic carbocycles. The lowest BCUT2D eigenvalue weighted by atomic mass is 10.0. The first kappa shape index (κ1) is 15.5. The van der Waals surface area contributed by atoms with Gasteiger partial charge in [0.15, 0.2) is 0 Å². The lowest BCUT2D eigenvalue weighted by Crippen LogP contribution is -2.66. The molecule has 0 aliphatic carbocycles. The molecule has 1 amide bonds. The van der Waals surface area contributed by atoms with Gasteiger partial charge >= 0.3 is 18.2 Å². The van der Waals surface area contributed by atoms with Crippen LogP contribution in [-0.4, -0.2) is 40.6 Å². The number of hydrogen-bond donors (Lipinski definition) is 2. The molecule has 0 aromatic rings. The average Bonchev–Trinajstić information content (AvgIpc) is 2.54. The highest BCUT2D eigenvalue weighted by atomic mass is 19.4. The number of alkyl halides is 5. The number of halogens is 5. The molecule has 19 heavy (non-hydrogen) atoms. The number of hydrazine groups is 1. The Morgan fingerprint density at radius 3 is 2.47 bits per heavy atom. The van der Waals surface area contributed by atoms with E-state index in [-0.39, 0.29) is 17.3 Å². The minimum Gasteiger partial charge on any atom is -0.448 e. The van der Waals surface area contributed by atoms with E-state index in [4.69, 9.17) is 0 Å². The fourth-order valence-corrected chi connectivity index (χ4v) is 1.53. The SMILES string of the molecule is C=C1C[C@](O)(C(F)(F)C(F)(F)F)N(C(=O)OCC)N1. The summed E-state index contributed by atoms with van der Waals surface area (Å²) in [5.74, 6) is -5.56. The monoisotopic (exact) mass is 290 g/mol. The van der Waals surface area contributed by atoms with E-state index in [1.165, 1.54) is 6.92 Å². The Labute approximate surface area is 104 Å². The summed E-state index contributed by atoms with van der Waals surface area (Å²) in [7, 11) is 0. The van der Waals surface area contributed by atoms with Crippen molar-refractivity contribution >= 4 is 6.09 Å². The zero-order chi connectivity index (χ0) is 15.1. The molecule has 1 aliphatic heterocycles. The number of nitrogens with zero attached hydrogens (tertiary/aromatic N) is 1. The Bertz CT molecular complexity index is 398. The molecule has 0 saturated carbocycles. The quantitative estimate of drug-likeness (QED) is 0.761. The van der Waals surface area contributed by atoms with Crippen LogP contribution in [0.3, 0.4) is 0 Å². The summed E-state index contributed by atoms with van der Waals surface area (Å²) >= 11 is 0. The largest absolute Gasteiger partial charge is 0.458 e. The Morgan fingerprint density at radius 2 is 2.05 bits per heavy atom. The number of ether oxygens (including phenoxy) is 1.